The van der Waals surface area contributed by atoms with E-state index in [4.69, 9.17) is 0 Å². The Labute approximate surface area is 141 Å². The summed E-state index contributed by atoms with van der Waals surface area (Å²) in [4.78, 5) is -0.239. The minimum absolute atomic E-state index is 0.239. The Morgan fingerprint density at radius 3 is 2.24 bits per heavy atom. The van der Waals surface area contributed by atoms with Crippen molar-refractivity contribution in [1.82, 2.24) is 0 Å². The summed E-state index contributed by atoms with van der Waals surface area (Å²) in [6.45, 7) is -2.27. The number of fused-ring (bicyclic) bond motifs is 1. The predicted molar refractivity (Wildman–Crippen MR) is 81.3 cm³/mol. The number of sulfonamides is 1. The van der Waals surface area contributed by atoms with E-state index in [9.17, 15) is 35.2 Å². The number of benzene rings is 2. The number of alkyl halides is 3. The van der Waals surface area contributed by atoms with Gasteiger partial charge in [-0.2, -0.15) is 30.0 Å². The van der Waals surface area contributed by atoms with E-state index >= 15 is 0 Å². The highest BCUT2D eigenvalue weighted by Gasteiger charge is 2.51. The first-order chi connectivity index (χ1) is 11.5. The highest BCUT2D eigenvalue weighted by Crippen LogP contribution is 2.24. The molecule has 0 aliphatic heterocycles. The molecule has 0 bridgehead atoms. The van der Waals surface area contributed by atoms with Crippen molar-refractivity contribution in [1.29, 1.82) is 0 Å². The fourth-order valence-electron chi connectivity index (χ4n) is 1.98. The molecule has 0 aliphatic carbocycles. The molecule has 7 nitrogen and oxygen atoms in total. The molecule has 1 N–H and O–H groups in total. The largest absolute Gasteiger partial charge is 0.618 e. The van der Waals surface area contributed by atoms with Crippen LogP contribution in [0.3, 0.4) is 0 Å². The van der Waals surface area contributed by atoms with Gasteiger partial charge in [0.25, 0.3) is 10.1 Å². The van der Waals surface area contributed by atoms with Gasteiger partial charge in [-0.15, -0.1) is 0 Å². The minimum Gasteiger partial charge on any atom is -0.618 e. The van der Waals surface area contributed by atoms with Gasteiger partial charge < -0.3 is 5.21 Å². The van der Waals surface area contributed by atoms with Crippen LogP contribution in [0.4, 0.5) is 13.2 Å². The van der Waals surface area contributed by atoms with Gasteiger partial charge in [-0.05, 0) is 11.5 Å². The maximum Gasteiger partial charge on any atom is 0.549 e. The van der Waals surface area contributed by atoms with E-state index in [2.05, 4.69) is 4.18 Å². The SMILES string of the molecule is O=S(=O)(OCC[NH+]([O-])S(=O)(=O)C(F)(F)F)c1cccc2ccccc12. The summed E-state index contributed by atoms with van der Waals surface area (Å²) < 4.78 is 85.1. The summed E-state index contributed by atoms with van der Waals surface area (Å²) in [5.41, 5.74) is -5.74. The van der Waals surface area contributed by atoms with Crippen molar-refractivity contribution in [3.8, 4) is 0 Å². The monoisotopic (exact) mass is 399 g/mol. The van der Waals surface area contributed by atoms with Crippen molar-refractivity contribution in [3.63, 3.8) is 0 Å². The third-order valence-corrected chi connectivity index (χ3v) is 5.95. The molecule has 1 unspecified atom stereocenters. The van der Waals surface area contributed by atoms with Crippen LogP contribution in [0.1, 0.15) is 0 Å². The molecule has 2 aromatic carbocycles. The first kappa shape index (κ1) is 19.6. The van der Waals surface area contributed by atoms with E-state index in [1.165, 1.54) is 18.2 Å². The highest BCUT2D eigenvalue weighted by atomic mass is 32.2. The highest BCUT2D eigenvalue weighted by molar-refractivity contribution is 7.87. The number of hydrogen-bond acceptors (Lipinski definition) is 6. The number of rotatable bonds is 6. The van der Waals surface area contributed by atoms with Crippen molar-refractivity contribution in [2.45, 2.75) is 10.4 Å². The standard InChI is InChI=1S/C13H12F3NO6S2/c14-13(15,16)25(21,22)17(18)8-9-23-24(19,20)12-7-3-5-10-4-1-2-6-11(10)12/h1-7,17H,8-9H2. The van der Waals surface area contributed by atoms with Crippen LogP contribution >= 0.6 is 0 Å². The molecule has 0 heterocycles. The fourth-order valence-corrected chi connectivity index (χ4v) is 3.72. The molecule has 2 rings (SSSR count). The van der Waals surface area contributed by atoms with Crippen LogP contribution in [0.15, 0.2) is 47.4 Å². The summed E-state index contributed by atoms with van der Waals surface area (Å²) in [6.07, 6.45) is 0. The van der Waals surface area contributed by atoms with Gasteiger partial charge in [0.1, 0.15) is 18.0 Å². The zero-order valence-electron chi connectivity index (χ0n) is 12.4. The minimum atomic E-state index is -6.01. The molecular weight excluding hydrogens is 387 g/mol. The fraction of sp³-hybridized carbons (Fsp3) is 0.231. The van der Waals surface area contributed by atoms with Crippen LogP contribution in [0, 0.1) is 5.21 Å². The summed E-state index contributed by atoms with van der Waals surface area (Å²) in [5.74, 6) is 0. The Morgan fingerprint density at radius 2 is 1.60 bits per heavy atom. The molecule has 0 fully saturated rings. The van der Waals surface area contributed by atoms with Crippen molar-refractivity contribution in [2.24, 2.45) is 0 Å². The van der Waals surface area contributed by atoms with Gasteiger partial charge >= 0.3 is 15.5 Å². The van der Waals surface area contributed by atoms with Gasteiger partial charge in [0.05, 0.1) is 0 Å². The van der Waals surface area contributed by atoms with Crippen molar-refractivity contribution in [3.05, 3.63) is 47.7 Å². The lowest BCUT2D eigenvalue weighted by Gasteiger charge is -2.22. The van der Waals surface area contributed by atoms with Crippen molar-refractivity contribution >= 4 is 30.9 Å². The maximum absolute atomic E-state index is 12.2. The Balaban J connectivity index is 2.15. The number of hydrogen-bond donors (Lipinski definition) is 1. The summed E-state index contributed by atoms with van der Waals surface area (Å²) >= 11 is 0. The Bertz CT molecular complexity index is 967. The van der Waals surface area contributed by atoms with Crippen molar-refractivity contribution < 1.29 is 38.7 Å². The normalized spacial score (nSPS) is 14.6. The zero-order valence-corrected chi connectivity index (χ0v) is 14.0. The van der Waals surface area contributed by atoms with Crippen molar-refractivity contribution in [2.75, 3.05) is 13.2 Å². The van der Waals surface area contributed by atoms with Crippen LogP contribution in [0.5, 0.6) is 0 Å². The van der Waals surface area contributed by atoms with E-state index in [-0.39, 0.29) is 4.90 Å². The van der Waals surface area contributed by atoms with Crippen LogP contribution in [0.25, 0.3) is 10.8 Å². The van der Waals surface area contributed by atoms with Crippen LogP contribution in [-0.4, -0.2) is 35.5 Å². The van der Waals surface area contributed by atoms with E-state index in [0.29, 0.717) is 10.8 Å². The molecule has 0 amide bonds. The Hall–Kier alpha value is -1.73. The number of hydroxylamine groups is 1. The number of quaternary nitrogens is 1. The molecule has 1 atom stereocenters. The second kappa shape index (κ2) is 6.88. The van der Waals surface area contributed by atoms with Gasteiger partial charge in [-0.3, -0.25) is 8.65 Å². The number of halogens is 3. The predicted octanol–water partition coefficient (Wildman–Crippen LogP) is 0.777. The lowest BCUT2D eigenvalue weighted by molar-refractivity contribution is -0.712. The Morgan fingerprint density at radius 1 is 1.00 bits per heavy atom. The molecule has 2 aromatic rings. The smallest absolute Gasteiger partial charge is 0.549 e. The third-order valence-electron chi connectivity index (χ3n) is 3.17. The molecule has 138 valence electrons. The first-order valence-electron chi connectivity index (χ1n) is 6.68. The van der Waals surface area contributed by atoms with Crippen LogP contribution in [0.2, 0.25) is 0 Å². The molecule has 12 heteroatoms. The molecule has 0 radical (unpaired) electrons. The molecular formula is C13H12F3NO6S2. The lowest BCUT2D eigenvalue weighted by atomic mass is 10.1. The van der Waals surface area contributed by atoms with Crippen LogP contribution in [-0.2, 0) is 24.3 Å². The van der Waals surface area contributed by atoms with Gasteiger partial charge in [-0.1, -0.05) is 36.4 Å². The molecule has 0 spiro atoms. The molecule has 0 aromatic heterocycles. The van der Waals surface area contributed by atoms with E-state index in [0.717, 1.165) is 0 Å². The second-order valence-electron chi connectivity index (χ2n) is 4.82. The van der Waals surface area contributed by atoms with Gasteiger partial charge in [-0.25, -0.2) is 0 Å². The van der Waals surface area contributed by atoms with E-state index in [1.54, 1.807) is 24.3 Å². The average Bonchev–Trinajstić information content (AvgIpc) is 2.52. The van der Waals surface area contributed by atoms with Crippen LogP contribution < -0.4 is 4.47 Å². The summed E-state index contributed by atoms with van der Waals surface area (Å²) in [6, 6.07) is 10.7. The quantitative estimate of drug-likeness (QED) is 0.569. The molecule has 0 aliphatic rings. The van der Waals surface area contributed by atoms with E-state index in [1.807, 2.05) is 0 Å². The van der Waals surface area contributed by atoms with E-state index < -0.39 is 43.3 Å². The molecule has 0 saturated carbocycles. The maximum atomic E-state index is 12.2. The third kappa shape index (κ3) is 4.10. The Kier molecular flexibility index (Phi) is 5.39. The van der Waals surface area contributed by atoms with Gasteiger partial charge in [0, 0.05) is 5.39 Å². The topological polar surface area (TPSA) is 105 Å². The zero-order chi connectivity index (χ0) is 18.9. The average molecular weight is 399 g/mol. The summed E-state index contributed by atoms with van der Waals surface area (Å²) in [5, 5.41) is 12.1. The lowest BCUT2D eigenvalue weighted by Crippen LogP contribution is -3.11. The molecule has 25 heavy (non-hydrogen) atoms. The first-order valence-corrected chi connectivity index (χ1v) is 9.57. The summed E-state index contributed by atoms with van der Waals surface area (Å²) in [7, 11) is -10.4. The second-order valence-corrected chi connectivity index (χ2v) is 8.33. The number of nitrogens with one attached hydrogen (secondary N) is 1. The van der Waals surface area contributed by atoms with Gasteiger partial charge in [0.2, 0.25) is 0 Å². The van der Waals surface area contributed by atoms with Gasteiger partial charge in [0.15, 0.2) is 0 Å². The molecule has 0 saturated heterocycles.